The van der Waals surface area contributed by atoms with Gasteiger partial charge in [0.1, 0.15) is 0 Å². The Hall–Kier alpha value is -1.03. The predicted molar refractivity (Wildman–Crippen MR) is 66.4 cm³/mol. The van der Waals surface area contributed by atoms with E-state index in [1.54, 1.807) is 0 Å². The molecule has 0 rings (SSSR count). The van der Waals surface area contributed by atoms with Crippen LogP contribution >= 0.6 is 0 Å². The molecule has 0 bridgehead atoms. The van der Waals surface area contributed by atoms with Crippen LogP contribution in [-0.4, -0.2) is 0 Å². The third-order valence-electron chi connectivity index (χ3n) is 2.81. The van der Waals surface area contributed by atoms with E-state index in [0.29, 0.717) is 0 Å². The van der Waals surface area contributed by atoms with E-state index in [9.17, 15) is 5.26 Å². The third kappa shape index (κ3) is 4.83. The molecule has 84 valence electrons. The summed E-state index contributed by atoms with van der Waals surface area (Å²) in [5, 5.41) is 9.31. The van der Waals surface area contributed by atoms with E-state index in [4.69, 9.17) is 0 Å². The van der Waals surface area contributed by atoms with E-state index in [0.717, 1.165) is 19.3 Å². The number of nitriles is 1. The zero-order chi connectivity index (χ0) is 11.9. The predicted octanol–water partition coefficient (Wildman–Crippen LogP) is 4.62. The molecule has 0 saturated carbocycles. The largest absolute Gasteiger partial charge is 0.197 e. The second-order valence-corrected chi connectivity index (χ2v) is 4.45. The molecule has 1 atom stereocenters. The fourth-order valence-corrected chi connectivity index (χ4v) is 1.42. The van der Waals surface area contributed by atoms with Crippen molar-refractivity contribution < 1.29 is 0 Å². The molecular weight excluding hydrogens is 182 g/mol. The van der Waals surface area contributed by atoms with Gasteiger partial charge in [-0.2, -0.15) is 5.26 Å². The molecule has 1 unspecified atom stereocenters. The lowest BCUT2D eigenvalue weighted by molar-refractivity contribution is 0.489. The van der Waals surface area contributed by atoms with E-state index < -0.39 is 0 Å². The minimum Gasteiger partial charge on any atom is -0.197 e. The molecule has 0 aliphatic carbocycles. The van der Waals surface area contributed by atoms with Crippen molar-refractivity contribution in [1.82, 2.24) is 0 Å². The maximum atomic E-state index is 9.31. The molecule has 0 aromatic rings. The van der Waals surface area contributed by atoms with Crippen LogP contribution in [0.2, 0.25) is 0 Å². The molecule has 0 aliphatic heterocycles. The number of nitrogens with zero attached hydrogens (tertiary/aromatic N) is 1. The highest BCUT2D eigenvalue weighted by molar-refractivity contribution is 5.19. The van der Waals surface area contributed by atoms with Crippen molar-refractivity contribution in [3.8, 4) is 6.07 Å². The average molecular weight is 205 g/mol. The van der Waals surface area contributed by atoms with Gasteiger partial charge in [-0.1, -0.05) is 37.1 Å². The van der Waals surface area contributed by atoms with Crippen LogP contribution in [0.15, 0.2) is 23.3 Å². The van der Waals surface area contributed by atoms with Gasteiger partial charge in [-0.15, -0.1) is 0 Å². The van der Waals surface area contributed by atoms with Crippen molar-refractivity contribution in [3.63, 3.8) is 0 Å². The van der Waals surface area contributed by atoms with Crippen molar-refractivity contribution in [2.24, 2.45) is 5.41 Å². The summed E-state index contributed by atoms with van der Waals surface area (Å²) in [6.07, 6.45) is 7.04. The zero-order valence-electron chi connectivity index (χ0n) is 10.7. The van der Waals surface area contributed by atoms with E-state index >= 15 is 0 Å². The van der Waals surface area contributed by atoms with Crippen LogP contribution in [-0.2, 0) is 0 Å². The molecule has 0 radical (unpaired) electrons. The maximum Gasteiger partial charge on any atom is 0.0787 e. The Morgan fingerprint density at radius 3 is 2.20 bits per heavy atom. The first kappa shape index (κ1) is 14.0. The molecule has 0 aromatic heterocycles. The molecule has 0 saturated heterocycles. The van der Waals surface area contributed by atoms with Crippen molar-refractivity contribution >= 4 is 0 Å². The number of allylic oxidation sites excluding steroid dienone is 4. The second kappa shape index (κ2) is 6.45. The fraction of sp³-hybridized carbons (Fsp3) is 0.643. The van der Waals surface area contributed by atoms with Crippen LogP contribution in [0.5, 0.6) is 0 Å². The SMILES string of the molecule is CC/C(C)=C\C(C#N)(CC)CC=C(C)C. The first-order valence-electron chi connectivity index (χ1n) is 5.72. The number of hydrogen-bond acceptors (Lipinski definition) is 1. The number of hydrogen-bond donors (Lipinski definition) is 0. The van der Waals surface area contributed by atoms with Crippen molar-refractivity contribution in [1.29, 1.82) is 5.26 Å². The molecule has 0 aliphatic rings. The van der Waals surface area contributed by atoms with Gasteiger partial charge in [-0.05, 0) is 40.0 Å². The topological polar surface area (TPSA) is 23.8 Å². The van der Waals surface area contributed by atoms with E-state index in [2.05, 4.69) is 52.8 Å². The van der Waals surface area contributed by atoms with Crippen LogP contribution < -0.4 is 0 Å². The monoisotopic (exact) mass is 205 g/mol. The van der Waals surface area contributed by atoms with Crippen LogP contribution in [0.4, 0.5) is 0 Å². The Kier molecular flexibility index (Phi) is 6.01. The lowest BCUT2D eigenvalue weighted by atomic mass is 9.81. The van der Waals surface area contributed by atoms with Gasteiger partial charge in [0.25, 0.3) is 0 Å². The third-order valence-corrected chi connectivity index (χ3v) is 2.81. The summed E-state index contributed by atoms with van der Waals surface area (Å²) in [7, 11) is 0. The van der Waals surface area contributed by atoms with Crippen LogP contribution in [0.25, 0.3) is 0 Å². The molecule has 0 fully saturated rings. The molecule has 0 heterocycles. The van der Waals surface area contributed by atoms with Gasteiger partial charge >= 0.3 is 0 Å². The molecule has 0 amide bonds. The Morgan fingerprint density at radius 2 is 1.87 bits per heavy atom. The Morgan fingerprint density at radius 1 is 1.27 bits per heavy atom. The Balaban J connectivity index is 4.91. The van der Waals surface area contributed by atoms with E-state index in [1.807, 2.05) is 0 Å². The van der Waals surface area contributed by atoms with Crippen LogP contribution in [0.1, 0.15) is 53.9 Å². The smallest absolute Gasteiger partial charge is 0.0787 e. The Bertz CT molecular complexity index is 287. The summed E-state index contributed by atoms with van der Waals surface area (Å²) in [5.41, 5.74) is 2.29. The maximum absolute atomic E-state index is 9.31. The van der Waals surface area contributed by atoms with Crippen LogP contribution in [0, 0.1) is 16.7 Å². The molecule has 15 heavy (non-hydrogen) atoms. The van der Waals surface area contributed by atoms with Crippen molar-refractivity contribution in [2.75, 3.05) is 0 Å². The van der Waals surface area contributed by atoms with Crippen molar-refractivity contribution in [3.05, 3.63) is 23.3 Å². The van der Waals surface area contributed by atoms with Gasteiger partial charge in [-0.3, -0.25) is 0 Å². The summed E-state index contributed by atoms with van der Waals surface area (Å²) in [6.45, 7) is 10.5. The first-order chi connectivity index (χ1) is 6.99. The minimum absolute atomic E-state index is 0.294. The molecule has 1 nitrogen and oxygen atoms in total. The van der Waals surface area contributed by atoms with Crippen LogP contribution in [0.3, 0.4) is 0 Å². The van der Waals surface area contributed by atoms with Gasteiger partial charge in [0, 0.05) is 0 Å². The number of rotatable bonds is 5. The summed E-state index contributed by atoms with van der Waals surface area (Å²) in [5.74, 6) is 0. The van der Waals surface area contributed by atoms with Gasteiger partial charge < -0.3 is 0 Å². The normalized spacial score (nSPS) is 15.3. The zero-order valence-corrected chi connectivity index (χ0v) is 10.7. The lowest BCUT2D eigenvalue weighted by Gasteiger charge is -2.20. The van der Waals surface area contributed by atoms with E-state index in [1.165, 1.54) is 11.1 Å². The van der Waals surface area contributed by atoms with Gasteiger partial charge in [0.2, 0.25) is 0 Å². The molecular formula is C14H23N. The molecule has 0 spiro atoms. The minimum atomic E-state index is -0.294. The summed E-state index contributed by atoms with van der Waals surface area (Å²) < 4.78 is 0. The van der Waals surface area contributed by atoms with Gasteiger partial charge in [-0.25, -0.2) is 0 Å². The molecule has 1 heteroatoms. The highest BCUT2D eigenvalue weighted by atomic mass is 14.3. The average Bonchev–Trinajstić information content (AvgIpc) is 2.24. The standard InChI is InChI=1S/C14H23N/c1-6-13(5)10-14(7-2,11-15)9-8-12(3)4/h8,10H,6-7,9H2,1-5H3/b13-10-. The second-order valence-electron chi connectivity index (χ2n) is 4.45. The summed E-state index contributed by atoms with van der Waals surface area (Å²) in [4.78, 5) is 0. The first-order valence-corrected chi connectivity index (χ1v) is 5.72. The molecule has 0 aromatic carbocycles. The highest BCUT2D eigenvalue weighted by Gasteiger charge is 2.23. The highest BCUT2D eigenvalue weighted by Crippen LogP contribution is 2.30. The van der Waals surface area contributed by atoms with Gasteiger partial charge in [0.05, 0.1) is 11.5 Å². The summed E-state index contributed by atoms with van der Waals surface area (Å²) in [6, 6.07) is 2.46. The molecule has 0 N–H and O–H groups in total. The Labute approximate surface area is 94.5 Å². The van der Waals surface area contributed by atoms with E-state index in [-0.39, 0.29) is 5.41 Å². The summed E-state index contributed by atoms with van der Waals surface area (Å²) >= 11 is 0. The quantitative estimate of drug-likeness (QED) is 0.601. The fourth-order valence-electron chi connectivity index (χ4n) is 1.42. The lowest BCUT2D eigenvalue weighted by Crippen LogP contribution is -2.14. The van der Waals surface area contributed by atoms with Gasteiger partial charge in [0.15, 0.2) is 0 Å². The van der Waals surface area contributed by atoms with Crippen molar-refractivity contribution in [2.45, 2.75) is 53.9 Å².